The van der Waals surface area contributed by atoms with E-state index in [-0.39, 0.29) is 7.92 Å². The smallest absolute Gasteiger partial charge is 0.0226 e. The van der Waals surface area contributed by atoms with E-state index in [1.54, 1.807) is 5.30 Å². The predicted molar refractivity (Wildman–Crippen MR) is 128 cm³/mol. The van der Waals surface area contributed by atoms with Gasteiger partial charge in [0.1, 0.15) is 0 Å². The second kappa shape index (κ2) is 17.7. The fourth-order valence-corrected chi connectivity index (χ4v) is 6.45. The Hall–Kier alpha value is -0.350. The molecule has 0 aliphatic rings. The second-order valence-electron chi connectivity index (χ2n) is 8.57. The predicted octanol–water partition coefficient (Wildman–Crippen LogP) is 9.07. The highest BCUT2D eigenvalue weighted by atomic mass is 31.1. The molecule has 0 bridgehead atoms. The molecule has 27 heavy (non-hydrogen) atoms. The molecule has 0 amide bonds. The van der Waals surface area contributed by atoms with E-state index in [1.807, 2.05) is 0 Å². The van der Waals surface area contributed by atoms with E-state index in [0.717, 1.165) is 5.66 Å². The van der Waals surface area contributed by atoms with Gasteiger partial charge < -0.3 is 0 Å². The third-order valence-electron chi connectivity index (χ3n) is 5.71. The molecule has 0 aliphatic heterocycles. The lowest BCUT2D eigenvalue weighted by atomic mass is 10.0. The largest absolute Gasteiger partial charge is 0.0727 e. The molecular formula is C26H47P. The summed E-state index contributed by atoms with van der Waals surface area (Å²) < 4.78 is 0. The molecular weight excluding hydrogens is 343 g/mol. The maximum Gasteiger partial charge on any atom is -0.0226 e. The van der Waals surface area contributed by atoms with Crippen LogP contribution in [0.5, 0.6) is 0 Å². The Balaban J connectivity index is 1.90. The standard InChI is InChI=1S/C26H47P/c1-4-5-6-7-8-9-10-11-12-13-14-15-16-17-21-24-27(25(2)3)26-22-19-18-20-23-26/h18-20,22-23,25H,4-17,21,24H2,1-3H3. The van der Waals surface area contributed by atoms with Gasteiger partial charge in [0, 0.05) is 0 Å². The lowest BCUT2D eigenvalue weighted by Crippen LogP contribution is -2.10. The van der Waals surface area contributed by atoms with Gasteiger partial charge in [-0.2, -0.15) is 0 Å². The summed E-state index contributed by atoms with van der Waals surface area (Å²) in [6.45, 7) is 7.11. The normalized spacial score (nSPS) is 12.6. The van der Waals surface area contributed by atoms with Crippen LogP contribution in [0.15, 0.2) is 30.3 Å². The number of rotatable bonds is 18. The number of hydrogen-bond acceptors (Lipinski definition) is 0. The lowest BCUT2D eigenvalue weighted by Gasteiger charge is -2.22. The number of hydrogen-bond donors (Lipinski definition) is 0. The fraction of sp³-hybridized carbons (Fsp3) is 0.769. The fourth-order valence-electron chi connectivity index (χ4n) is 3.96. The Kier molecular flexibility index (Phi) is 16.2. The van der Waals surface area contributed by atoms with Crippen LogP contribution in [0.3, 0.4) is 0 Å². The number of unbranched alkanes of at least 4 members (excludes halogenated alkanes) is 14. The zero-order valence-electron chi connectivity index (χ0n) is 18.7. The minimum absolute atomic E-state index is 0.0436. The molecule has 0 aromatic heterocycles. The van der Waals surface area contributed by atoms with Gasteiger partial charge in [-0.1, -0.05) is 149 Å². The summed E-state index contributed by atoms with van der Waals surface area (Å²) in [6, 6.07) is 11.2. The van der Waals surface area contributed by atoms with Gasteiger partial charge in [-0.15, -0.1) is 0 Å². The first-order valence-electron chi connectivity index (χ1n) is 12.1. The van der Waals surface area contributed by atoms with Crippen LogP contribution >= 0.6 is 7.92 Å². The summed E-state index contributed by atoms with van der Waals surface area (Å²) in [4.78, 5) is 0. The highest BCUT2D eigenvalue weighted by Crippen LogP contribution is 2.40. The molecule has 0 saturated carbocycles. The maximum absolute atomic E-state index is 2.41. The van der Waals surface area contributed by atoms with Crippen molar-refractivity contribution in [2.75, 3.05) is 6.16 Å². The van der Waals surface area contributed by atoms with Gasteiger partial charge in [0.2, 0.25) is 0 Å². The third kappa shape index (κ3) is 13.5. The third-order valence-corrected chi connectivity index (χ3v) is 8.72. The molecule has 0 aliphatic carbocycles. The molecule has 1 aromatic carbocycles. The Morgan fingerprint density at radius 2 is 1.00 bits per heavy atom. The molecule has 0 fully saturated rings. The zero-order chi connectivity index (χ0) is 19.6. The Bertz CT molecular complexity index is 411. The molecule has 0 nitrogen and oxygen atoms in total. The van der Waals surface area contributed by atoms with Crippen molar-refractivity contribution in [3.05, 3.63) is 30.3 Å². The second-order valence-corrected chi connectivity index (χ2v) is 11.5. The van der Waals surface area contributed by atoms with Gasteiger partial charge in [-0.05, 0) is 23.5 Å². The topological polar surface area (TPSA) is 0 Å². The SMILES string of the molecule is CCCCCCCCCCCCCCCCCP(c1ccccc1)C(C)C. The summed E-state index contributed by atoms with van der Waals surface area (Å²) in [5.41, 5.74) is 0.814. The van der Waals surface area contributed by atoms with Crippen LogP contribution in [-0.2, 0) is 0 Å². The Morgan fingerprint density at radius 3 is 1.41 bits per heavy atom. The van der Waals surface area contributed by atoms with Crippen LogP contribution in [0.1, 0.15) is 117 Å². The average Bonchev–Trinajstić information content (AvgIpc) is 2.68. The van der Waals surface area contributed by atoms with Crippen molar-refractivity contribution in [2.24, 2.45) is 0 Å². The first-order chi connectivity index (χ1) is 13.3. The van der Waals surface area contributed by atoms with Gasteiger partial charge in [0.05, 0.1) is 0 Å². The van der Waals surface area contributed by atoms with E-state index in [4.69, 9.17) is 0 Å². The van der Waals surface area contributed by atoms with E-state index >= 15 is 0 Å². The molecule has 156 valence electrons. The van der Waals surface area contributed by atoms with Crippen molar-refractivity contribution in [1.82, 2.24) is 0 Å². The van der Waals surface area contributed by atoms with Crippen molar-refractivity contribution in [1.29, 1.82) is 0 Å². The summed E-state index contributed by atoms with van der Waals surface area (Å²) in [5, 5.41) is 1.60. The van der Waals surface area contributed by atoms with Crippen LogP contribution < -0.4 is 5.30 Å². The van der Waals surface area contributed by atoms with Gasteiger partial charge in [-0.3, -0.25) is 0 Å². The molecule has 1 atom stereocenters. The van der Waals surface area contributed by atoms with Crippen LogP contribution in [0.2, 0.25) is 0 Å². The lowest BCUT2D eigenvalue weighted by molar-refractivity contribution is 0.535. The average molecular weight is 391 g/mol. The van der Waals surface area contributed by atoms with Crippen molar-refractivity contribution in [2.45, 2.75) is 123 Å². The van der Waals surface area contributed by atoms with Gasteiger partial charge >= 0.3 is 0 Å². The molecule has 0 radical (unpaired) electrons. The first-order valence-corrected chi connectivity index (χ1v) is 13.7. The maximum atomic E-state index is 2.41. The number of benzene rings is 1. The van der Waals surface area contributed by atoms with Crippen molar-refractivity contribution in [3.63, 3.8) is 0 Å². The first kappa shape index (κ1) is 24.7. The molecule has 1 heteroatoms. The molecule has 0 spiro atoms. The highest BCUT2D eigenvalue weighted by molar-refractivity contribution is 7.66. The molecule has 0 N–H and O–H groups in total. The molecule has 0 saturated heterocycles. The quantitative estimate of drug-likeness (QED) is 0.173. The van der Waals surface area contributed by atoms with Crippen LogP contribution in [-0.4, -0.2) is 11.8 Å². The molecule has 0 heterocycles. The zero-order valence-corrected chi connectivity index (χ0v) is 19.6. The van der Waals surface area contributed by atoms with E-state index < -0.39 is 0 Å². The Labute approximate surface area is 172 Å². The van der Waals surface area contributed by atoms with Crippen LogP contribution in [0, 0.1) is 0 Å². The molecule has 1 rings (SSSR count). The van der Waals surface area contributed by atoms with Crippen LogP contribution in [0.25, 0.3) is 0 Å². The van der Waals surface area contributed by atoms with E-state index in [1.165, 1.54) is 102 Å². The van der Waals surface area contributed by atoms with E-state index in [9.17, 15) is 0 Å². The summed E-state index contributed by atoms with van der Waals surface area (Å²) in [7, 11) is 0.0436. The molecule has 1 unspecified atom stereocenters. The summed E-state index contributed by atoms with van der Waals surface area (Å²) >= 11 is 0. The van der Waals surface area contributed by atoms with Crippen molar-refractivity contribution < 1.29 is 0 Å². The van der Waals surface area contributed by atoms with Crippen molar-refractivity contribution >= 4 is 13.2 Å². The minimum atomic E-state index is 0.0436. The van der Waals surface area contributed by atoms with Gasteiger partial charge in [0.15, 0.2) is 0 Å². The van der Waals surface area contributed by atoms with E-state index in [0.29, 0.717) is 0 Å². The summed E-state index contributed by atoms with van der Waals surface area (Å²) in [5.74, 6) is 0. The van der Waals surface area contributed by atoms with Crippen molar-refractivity contribution in [3.8, 4) is 0 Å². The highest BCUT2D eigenvalue weighted by Gasteiger charge is 2.13. The summed E-state index contributed by atoms with van der Waals surface area (Å²) in [6.07, 6.45) is 23.3. The minimum Gasteiger partial charge on any atom is -0.0727 e. The van der Waals surface area contributed by atoms with Gasteiger partial charge in [0.25, 0.3) is 0 Å². The van der Waals surface area contributed by atoms with Gasteiger partial charge in [-0.25, -0.2) is 0 Å². The van der Waals surface area contributed by atoms with E-state index in [2.05, 4.69) is 51.1 Å². The monoisotopic (exact) mass is 390 g/mol. The Morgan fingerprint density at radius 1 is 0.593 bits per heavy atom. The molecule has 1 aromatic rings. The van der Waals surface area contributed by atoms with Crippen LogP contribution in [0.4, 0.5) is 0 Å².